The number of para-hydroxylation sites is 1. The van der Waals surface area contributed by atoms with Gasteiger partial charge in [-0.25, -0.2) is 9.97 Å². The third-order valence-electron chi connectivity index (χ3n) is 5.03. The third-order valence-corrected chi connectivity index (χ3v) is 5.03. The summed E-state index contributed by atoms with van der Waals surface area (Å²) >= 11 is 0. The molecular weight excluding hydrogens is 328 g/mol. The molecule has 0 N–H and O–H groups in total. The van der Waals surface area contributed by atoms with Crippen molar-refractivity contribution in [3.05, 3.63) is 96.6 Å². The number of aromatic nitrogens is 2. The monoisotopic (exact) mass is 346 g/mol. The summed E-state index contributed by atoms with van der Waals surface area (Å²) in [6.07, 6.45) is 0. The minimum absolute atomic E-state index is 0.773. The van der Waals surface area contributed by atoms with Gasteiger partial charge in [0.15, 0.2) is 5.82 Å². The molecule has 0 amide bonds. The predicted octanol–water partition coefficient (Wildman–Crippen LogP) is 6.43. The second kappa shape index (κ2) is 6.33. The molecule has 0 aliphatic heterocycles. The molecule has 0 unspecified atom stereocenters. The molecule has 5 rings (SSSR count). The number of hydrogen-bond donors (Lipinski definition) is 0. The first-order valence-corrected chi connectivity index (χ1v) is 9.12. The van der Waals surface area contributed by atoms with Gasteiger partial charge in [-0.3, -0.25) is 0 Å². The fraction of sp³-hybridized carbons (Fsp3) is 0.0400. The van der Waals surface area contributed by atoms with Gasteiger partial charge in [0.05, 0.1) is 11.2 Å². The molecule has 0 saturated heterocycles. The maximum Gasteiger partial charge on any atom is 0.160 e. The lowest BCUT2D eigenvalue weighted by Gasteiger charge is -2.12. The van der Waals surface area contributed by atoms with E-state index in [1.54, 1.807) is 0 Å². The van der Waals surface area contributed by atoms with Crippen molar-refractivity contribution >= 4 is 21.7 Å². The highest BCUT2D eigenvalue weighted by Gasteiger charge is 2.14. The molecule has 0 fully saturated rings. The average molecular weight is 346 g/mol. The summed E-state index contributed by atoms with van der Waals surface area (Å²) in [6.45, 7) is 2.10. The smallest absolute Gasteiger partial charge is 0.160 e. The van der Waals surface area contributed by atoms with Gasteiger partial charge in [-0.15, -0.1) is 0 Å². The van der Waals surface area contributed by atoms with Crippen molar-refractivity contribution in [3.63, 3.8) is 0 Å². The SMILES string of the molecule is Cc1ccccc1-c1nc(-c2cccc3ccccc23)c2ccccc2n1. The summed E-state index contributed by atoms with van der Waals surface area (Å²) in [5, 5.41) is 3.50. The molecule has 1 heterocycles. The van der Waals surface area contributed by atoms with Crippen LogP contribution in [0, 0.1) is 6.92 Å². The molecule has 0 aliphatic carbocycles. The Balaban J connectivity index is 1.87. The highest BCUT2D eigenvalue weighted by atomic mass is 14.9. The van der Waals surface area contributed by atoms with Gasteiger partial charge in [0.1, 0.15) is 0 Å². The second-order valence-electron chi connectivity index (χ2n) is 6.75. The zero-order valence-electron chi connectivity index (χ0n) is 15.1. The highest BCUT2D eigenvalue weighted by molar-refractivity contribution is 6.03. The predicted molar refractivity (Wildman–Crippen MR) is 113 cm³/mol. The van der Waals surface area contributed by atoms with Crippen LogP contribution in [0.25, 0.3) is 44.3 Å². The van der Waals surface area contributed by atoms with E-state index >= 15 is 0 Å². The maximum absolute atomic E-state index is 5.04. The topological polar surface area (TPSA) is 25.8 Å². The Morgan fingerprint density at radius 3 is 2.11 bits per heavy atom. The van der Waals surface area contributed by atoms with Gasteiger partial charge in [-0.05, 0) is 29.3 Å². The van der Waals surface area contributed by atoms with Gasteiger partial charge in [-0.2, -0.15) is 0 Å². The van der Waals surface area contributed by atoms with Gasteiger partial charge in [0.2, 0.25) is 0 Å². The van der Waals surface area contributed by atoms with Crippen molar-refractivity contribution in [1.29, 1.82) is 0 Å². The Labute approximate surface area is 158 Å². The summed E-state index contributed by atoms with van der Waals surface area (Å²) in [6, 6.07) is 31.4. The van der Waals surface area contributed by atoms with Crippen LogP contribution >= 0.6 is 0 Å². The number of hydrogen-bond acceptors (Lipinski definition) is 2. The van der Waals surface area contributed by atoms with E-state index in [9.17, 15) is 0 Å². The van der Waals surface area contributed by atoms with E-state index < -0.39 is 0 Å². The highest BCUT2D eigenvalue weighted by Crippen LogP contribution is 2.34. The Bertz CT molecular complexity index is 1280. The van der Waals surface area contributed by atoms with Crippen molar-refractivity contribution in [3.8, 4) is 22.6 Å². The molecule has 5 aromatic rings. The zero-order valence-corrected chi connectivity index (χ0v) is 15.1. The lowest BCUT2D eigenvalue weighted by molar-refractivity contribution is 1.22. The molecule has 2 nitrogen and oxygen atoms in total. The number of rotatable bonds is 2. The molecule has 0 bridgehead atoms. The van der Waals surface area contributed by atoms with Crippen molar-refractivity contribution in [1.82, 2.24) is 9.97 Å². The van der Waals surface area contributed by atoms with E-state index in [4.69, 9.17) is 9.97 Å². The van der Waals surface area contributed by atoms with Crippen LogP contribution in [0.2, 0.25) is 0 Å². The summed E-state index contributed by atoms with van der Waals surface area (Å²) in [5.41, 5.74) is 5.34. The third kappa shape index (κ3) is 2.67. The van der Waals surface area contributed by atoms with Gasteiger partial charge < -0.3 is 0 Å². The van der Waals surface area contributed by atoms with E-state index in [0.717, 1.165) is 33.5 Å². The lowest BCUT2D eigenvalue weighted by Crippen LogP contribution is -1.96. The first-order valence-electron chi connectivity index (χ1n) is 9.12. The van der Waals surface area contributed by atoms with Gasteiger partial charge >= 0.3 is 0 Å². The summed E-state index contributed by atoms with van der Waals surface area (Å²) in [5.74, 6) is 0.773. The molecular formula is C25H18N2. The number of nitrogens with zero attached hydrogens (tertiary/aromatic N) is 2. The van der Waals surface area contributed by atoms with Crippen molar-refractivity contribution in [2.75, 3.05) is 0 Å². The minimum atomic E-state index is 0.773. The molecule has 4 aromatic carbocycles. The quantitative estimate of drug-likeness (QED) is 0.368. The standard InChI is InChI=1S/C25H18N2/c1-17-9-2-4-12-19(17)25-26-23-16-7-6-14-22(23)24(27-25)21-15-8-11-18-10-3-5-13-20(18)21/h2-16H,1H3. The first kappa shape index (κ1) is 15.7. The van der Waals surface area contributed by atoms with Crippen LogP contribution in [0.4, 0.5) is 0 Å². The maximum atomic E-state index is 5.04. The van der Waals surface area contributed by atoms with Crippen LogP contribution in [0.3, 0.4) is 0 Å². The molecule has 0 aliphatic rings. The normalized spacial score (nSPS) is 11.1. The van der Waals surface area contributed by atoms with E-state index in [1.165, 1.54) is 16.3 Å². The van der Waals surface area contributed by atoms with Crippen LogP contribution in [0.1, 0.15) is 5.56 Å². The van der Waals surface area contributed by atoms with Crippen LogP contribution < -0.4 is 0 Å². The van der Waals surface area contributed by atoms with E-state index in [-0.39, 0.29) is 0 Å². The van der Waals surface area contributed by atoms with Gasteiger partial charge in [-0.1, -0.05) is 84.9 Å². The molecule has 0 atom stereocenters. The number of aryl methyl sites for hydroxylation is 1. The summed E-state index contributed by atoms with van der Waals surface area (Å²) in [4.78, 5) is 9.90. The van der Waals surface area contributed by atoms with Crippen LogP contribution in [-0.4, -0.2) is 9.97 Å². The van der Waals surface area contributed by atoms with Crippen molar-refractivity contribution in [2.45, 2.75) is 6.92 Å². The molecule has 2 heteroatoms. The summed E-state index contributed by atoms with van der Waals surface area (Å²) < 4.78 is 0. The first-order chi connectivity index (χ1) is 13.3. The van der Waals surface area contributed by atoms with Gasteiger partial charge in [0.25, 0.3) is 0 Å². The summed E-state index contributed by atoms with van der Waals surface area (Å²) in [7, 11) is 0. The van der Waals surface area contributed by atoms with Crippen LogP contribution in [0.15, 0.2) is 91.0 Å². The largest absolute Gasteiger partial charge is 0.228 e. The molecule has 27 heavy (non-hydrogen) atoms. The molecule has 0 saturated carbocycles. The van der Waals surface area contributed by atoms with Crippen molar-refractivity contribution < 1.29 is 0 Å². The van der Waals surface area contributed by atoms with E-state index in [2.05, 4.69) is 73.7 Å². The Morgan fingerprint density at radius 2 is 1.22 bits per heavy atom. The van der Waals surface area contributed by atoms with Crippen LogP contribution in [0.5, 0.6) is 0 Å². The minimum Gasteiger partial charge on any atom is -0.228 e. The lowest BCUT2D eigenvalue weighted by atomic mass is 9.99. The average Bonchev–Trinajstić information content (AvgIpc) is 2.73. The Kier molecular flexibility index (Phi) is 3.68. The number of fused-ring (bicyclic) bond motifs is 2. The fourth-order valence-corrected chi connectivity index (χ4v) is 3.66. The van der Waals surface area contributed by atoms with E-state index in [0.29, 0.717) is 0 Å². The molecule has 0 spiro atoms. The number of benzene rings is 4. The van der Waals surface area contributed by atoms with Crippen LogP contribution in [-0.2, 0) is 0 Å². The molecule has 0 radical (unpaired) electrons. The molecule has 1 aromatic heterocycles. The second-order valence-corrected chi connectivity index (χ2v) is 6.75. The van der Waals surface area contributed by atoms with Gasteiger partial charge in [0, 0.05) is 16.5 Å². The Hall–Kier alpha value is -3.52. The van der Waals surface area contributed by atoms with E-state index in [1.807, 2.05) is 24.3 Å². The fourth-order valence-electron chi connectivity index (χ4n) is 3.66. The zero-order chi connectivity index (χ0) is 18.2. The Morgan fingerprint density at radius 1 is 0.556 bits per heavy atom. The molecule has 128 valence electrons. The van der Waals surface area contributed by atoms with Crippen molar-refractivity contribution in [2.24, 2.45) is 0 Å².